The summed E-state index contributed by atoms with van der Waals surface area (Å²) in [5, 5.41) is 4.65. The Kier molecular flexibility index (Phi) is 5.05. The summed E-state index contributed by atoms with van der Waals surface area (Å²) in [5.41, 5.74) is 3.56. The quantitative estimate of drug-likeness (QED) is 0.709. The number of thiophene rings is 1. The maximum absolute atomic E-state index is 13.2. The fraction of sp³-hybridized carbons (Fsp3) is 0.190. The summed E-state index contributed by atoms with van der Waals surface area (Å²) in [6.45, 7) is 2.09. The minimum atomic E-state index is -3.77. The predicted octanol–water partition coefficient (Wildman–Crippen LogP) is 3.81. The number of para-hydroxylation sites is 1. The van der Waals surface area contributed by atoms with E-state index in [1.54, 1.807) is 17.5 Å². The molecule has 0 fully saturated rings. The highest BCUT2D eigenvalue weighted by Crippen LogP contribution is 2.31. The van der Waals surface area contributed by atoms with Gasteiger partial charge in [-0.15, -0.1) is 11.3 Å². The second-order valence-corrected chi connectivity index (χ2v) is 9.84. The predicted molar refractivity (Wildman–Crippen MR) is 111 cm³/mol. The second kappa shape index (κ2) is 7.50. The summed E-state index contributed by atoms with van der Waals surface area (Å²) >= 11 is 1.16. The van der Waals surface area contributed by atoms with Crippen LogP contribution in [-0.4, -0.2) is 24.7 Å². The summed E-state index contributed by atoms with van der Waals surface area (Å²) in [6, 6.07) is 17.6. The summed E-state index contributed by atoms with van der Waals surface area (Å²) in [5.74, 6) is -0.316. The van der Waals surface area contributed by atoms with Crippen molar-refractivity contribution in [2.75, 3.05) is 5.32 Å². The van der Waals surface area contributed by atoms with Crippen LogP contribution in [0.2, 0.25) is 0 Å². The monoisotopic (exact) mass is 412 g/mol. The van der Waals surface area contributed by atoms with Gasteiger partial charge in [-0.05, 0) is 47.5 Å². The average molecular weight is 413 g/mol. The molecule has 4 rings (SSSR count). The van der Waals surface area contributed by atoms with Crippen molar-refractivity contribution in [3.8, 4) is 0 Å². The standard InChI is InChI=1S/C21H20N2O3S2/c1-15-7-2-5-10-18(15)22-21(24)19-13-16-8-3-4-9-17(16)14-23(19)28(25,26)20-11-6-12-27-20/h2-12,19H,13-14H2,1H3,(H,22,24). The molecule has 2 aromatic carbocycles. The van der Waals surface area contributed by atoms with Crippen molar-refractivity contribution in [2.24, 2.45) is 0 Å². The molecule has 1 N–H and O–H groups in total. The SMILES string of the molecule is Cc1ccccc1NC(=O)C1Cc2ccccc2CN1S(=O)(=O)c1cccs1. The average Bonchev–Trinajstić information content (AvgIpc) is 3.24. The fourth-order valence-electron chi connectivity index (χ4n) is 3.43. The normalized spacial score (nSPS) is 17.1. The first-order chi connectivity index (χ1) is 13.5. The zero-order valence-electron chi connectivity index (χ0n) is 15.3. The lowest BCUT2D eigenvalue weighted by molar-refractivity contribution is -0.120. The lowest BCUT2D eigenvalue weighted by Crippen LogP contribution is -2.50. The largest absolute Gasteiger partial charge is 0.324 e. The maximum atomic E-state index is 13.2. The highest BCUT2D eigenvalue weighted by Gasteiger charge is 2.40. The van der Waals surface area contributed by atoms with E-state index in [4.69, 9.17) is 0 Å². The van der Waals surface area contributed by atoms with Gasteiger partial charge in [0.2, 0.25) is 5.91 Å². The minimum absolute atomic E-state index is 0.183. The second-order valence-electron chi connectivity index (χ2n) is 6.78. The Morgan fingerprint density at radius 1 is 1.04 bits per heavy atom. The molecule has 0 spiro atoms. The Morgan fingerprint density at radius 3 is 2.46 bits per heavy atom. The first-order valence-electron chi connectivity index (χ1n) is 8.95. The first-order valence-corrected chi connectivity index (χ1v) is 11.3. The Hall–Kier alpha value is -2.48. The third-order valence-corrected chi connectivity index (χ3v) is 8.20. The minimum Gasteiger partial charge on any atom is -0.324 e. The molecule has 0 saturated heterocycles. The lowest BCUT2D eigenvalue weighted by atomic mass is 9.95. The third-order valence-electron chi connectivity index (χ3n) is 4.97. The Labute approximate surface area is 168 Å². The van der Waals surface area contributed by atoms with Crippen LogP contribution in [0.4, 0.5) is 5.69 Å². The van der Waals surface area contributed by atoms with Crippen LogP contribution in [0.15, 0.2) is 70.3 Å². The van der Waals surface area contributed by atoms with Gasteiger partial charge in [-0.25, -0.2) is 8.42 Å². The number of carbonyl (C=O) groups excluding carboxylic acids is 1. The molecule has 0 bridgehead atoms. The highest BCUT2D eigenvalue weighted by molar-refractivity contribution is 7.91. The van der Waals surface area contributed by atoms with Crippen LogP contribution in [0.1, 0.15) is 16.7 Å². The number of hydrogen-bond donors (Lipinski definition) is 1. The smallest absolute Gasteiger partial charge is 0.253 e. The summed E-state index contributed by atoms with van der Waals surface area (Å²) in [6.07, 6.45) is 0.346. The van der Waals surface area contributed by atoms with Crippen molar-refractivity contribution in [3.05, 3.63) is 82.7 Å². The summed E-state index contributed by atoms with van der Waals surface area (Å²) in [7, 11) is -3.77. The van der Waals surface area contributed by atoms with Gasteiger partial charge in [0.15, 0.2) is 0 Å². The molecule has 28 heavy (non-hydrogen) atoms. The Bertz CT molecular complexity index is 1110. The van der Waals surface area contributed by atoms with Crippen LogP contribution in [0.5, 0.6) is 0 Å². The van der Waals surface area contributed by atoms with Gasteiger partial charge in [0.25, 0.3) is 10.0 Å². The van der Waals surface area contributed by atoms with E-state index in [-0.39, 0.29) is 16.7 Å². The number of hydrogen-bond acceptors (Lipinski definition) is 4. The zero-order valence-corrected chi connectivity index (χ0v) is 17.0. The van der Waals surface area contributed by atoms with Gasteiger partial charge in [-0.3, -0.25) is 4.79 Å². The molecular formula is C21H20N2O3S2. The number of carbonyl (C=O) groups is 1. The van der Waals surface area contributed by atoms with Crippen LogP contribution in [0, 0.1) is 6.92 Å². The van der Waals surface area contributed by atoms with E-state index in [2.05, 4.69) is 5.32 Å². The number of amides is 1. The van der Waals surface area contributed by atoms with E-state index in [9.17, 15) is 13.2 Å². The van der Waals surface area contributed by atoms with E-state index in [0.29, 0.717) is 12.1 Å². The number of fused-ring (bicyclic) bond motifs is 1. The fourth-order valence-corrected chi connectivity index (χ4v) is 6.11. The molecule has 7 heteroatoms. The molecule has 2 heterocycles. The van der Waals surface area contributed by atoms with Crippen molar-refractivity contribution in [3.63, 3.8) is 0 Å². The number of benzene rings is 2. The zero-order chi connectivity index (χ0) is 19.7. The molecule has 5 nitrogen and oxygen atoms in total. The number of sulfonamides is 1. The molecule has 1 atom stereocenters. The van der Waals surface area contributed by atoms with Gasteiger partial charge < -0.3 is 5.32 Å². The van der Waals surface area contributed by atoms with E-state index in [1.807, 2.05) is 55.5 Å². The lowest BCUT2D eigenvalue weighted by Gasteiger charge is -2.34. The molecule has 0 saturated carbocycles. The topological polar surface area (TPSA) is 66.5 Å². The van der Waals surface area contributed by atoms with Gasteiger partial charge in [-0.1, -0.05) is 48.5 Å². The van der Waals surface area contributed by atoms with Crippen LogP contribution >= 0.6 is 11.3 Å². The number of aryl methyl sites for hydroxylation is 1. The molecule has 1 unspecified atom stereocenters. The molecule has 144 valence electrons. The molecule has 1 amide bonds. The molecule has 0 aliphatic carbocycles. The van der Waals surface area contributed by atoms with Gasteiger partial charge in [-0.2, -0.15) is 4.31 Å². The number of rotatable bonds is 4. The summed E-state index contributed by atoms with van der Waals surface area (Å²) < 4.78 is 28.1. The third kappa shape index (κ3) is 3.48. The van der Waals surface area contributed by atoms with Crippen molar-refractivity contribution < 1.29 is 13.2 Å². The molecule has 3 aromatic rings. The molecule has 1 aromatic heterocycles. The molecule has 1 aliphatic heterocycles. The van der Waals surface area contributed by atoms with Crippen LogP contribution in [-0.2, 0) is 27.8 Å². The number of nitrogens with one attached hydrogen (secondary N) is 1. The van der Waals surface area contributed by atoms with E-state index >= 15 is 0 Å². The van der Waals surface area contributed by atoms with Crippen molar-refractivity contribution >= 4 is 33.0 Å². The van der Waals surface area contributed by atoms with Crippen molar-refractivity contribution in [1.82, 2.24) is 4.31 Å². The maximum Gasteiger partial charge on any atom is 0.253 e. The van der Waals surface area contributed by atoms with E-state index in [0.717, 1.165) is 28.0 Å². The van der Waals surface area contributed by atoms with Crippen LogP contribution in [0.25, 0.3) is 0 Å². The number of anilines is 1. The summed E-state index contributed by atoms with van der Waals surface area (Å²) in [4.78, 5) is 13.1. The van der Waals surface area contributed by atoms with Gasteiger partial charge in [0.1, 0.15) is 10.3 Å². The van der Waals surface area contributed by atoms with Crippen molar-refractivity contribution in [1.29, 1.82) is 0 Å². The van der Waals surface area contributed by atoms with Crippen molar-refractivity contribution in [2.45, 2.75) is 30.1 Å². The molecule has 1 aliphatic rings. The van der Waals surface area contributed by atoms with Crippen LogP contribution < -0.4 is 5.32 Å². The Balaban J connectivity index is 1.72. The highest BCUT2D eigenvalue weighted by atomic mass is 32.2. The molecular weight excluding hydrogens is 392 g/mol. The van der Waals surface area contributed by atoms with Gasteiger partial charge in [0.05, 0.1) is 0 Å². The first kappa shape index (κ1) is 18.9. The number of nitrogens with zero attached hydrogens (tertiary/aromatic N) is 1. The van der Waals surface area contributed by atoms with E-state index < -0.39 is 16.1 Å². The van der Waals surface area contributed by atoms with Gasteiger partial charge >= 0.3 is 0 Å². The Morgan fingerprint density at radius 2 is 1.75 bits per heavy atom. The van der Waals surface area contributed by atoms with Crippen LogP contribution in [0.3, 0.4) is 0 Å². The molecule has 0 radical (unpaired) electrons. The van der Waals surface area contributed by atoms with Gasteiger partial charge in [0, 0.05) is 12.2 Å². The van der Waals surface area contributed by atoms with E-state index in [1.165, 1.54) is 4.31 Å².